The van der Waals surface area contributed by atoms with E-state index in [9.17, 15) is 14.4 Å². The summed E-state index contributed by atoms with van der Waals surface area (Å²) in [5.74, 6) is 0.131. The predicted octanol–water partition coefficient (Wildman–Crippen LogP) is 2.83. The van der Waals surface area contributed by atoms with Gasteiger partial charge in [0.15, 0.2) is 0 Å². The molecule has 7 heteroatoms. The van der Waals surface area contributed by atoms with E-state index in [1.807, 2.05) is 32.9 Å². The fourth-order valence-corrected chi connectivity index (χ4v) is 3.60. The van der Waals surface area contributed by atoms with Gasteiger partial charge in [-0.15, -0.1) is 0 Å². The second kappa shape index (κ2) is 8.76. The van der Waals surface area contributed by atoms with Crippen LogP contribution in [0, 0.1) is 5.92 Å². The standard InChI is InChI=1S/C22H29N3O4/c1-22(2,3)29-21(28)15-8-7-13-25(14-15)19(26)12-6-11-18-23-17-10-5-4-9-16(17)20(27)24-18/h4-5,9-10,15H,6-8,11-14H2,1-3H3,(H,23,24,27). The highest BCUT2D eigenvalue weighted by Crippen LogP contribution is 2.21. The van der Waals surface area contributed by atoms with E-state index in [4.69, 9.17) is 4.74 Å². The number of piperidine rings is 1. The summed E-state index contributed by atoms with van der Waals surface area (Å²) in [7, 11) is 0. The van der Waals surface area contributed by atoms with E-state index >= 15 is 0 Å². The number of para-hydroxylation sites is 1. The molecule has 1 fully saturated rings. The Labute approximate surface area is 170 Å². The van der Waals surface area contributed by atoms with Crippen LogP contribution in [0.5, 0.6) is 0 Å². The van der Waals surface area contributed by atoms with E-state index < -0.39 is 5.60 Å². The minimum absolute atomic E-state index is 0.0291. The van der Waals surface area contributed by atoms with Gasteiger partial charge in [-0.05, 0) is 52.2 Å². The number of H-pyrrole nitrogens is 1. The van der Waals surface area contributed by atoms with Crippen molar-refractivity contribution in [2.24, 2.45) is 5.92 Å². The van der Waals surface area contributed by atoms with Crippen LogP contribution >= 0.6 is 0 Å². The second-order valence-corrected chi connectivity index (χ2v) is 8.60. The third-order valence-corrected chi connectivity index (χ3v) is 4.98. The van der Waals surface area contributed by atoms with Crippen molar-refractivity contribution in [3.63, 3.8) is 0 Å². The third-order valence-electron chi connectivity index (χ3n) is 4.98. The number of amides is 1. The van der Waals surface area contributed by atoms with Gasteiger partial charge in [0.2, 0.25) is 5.91 Å². The number of fused-ring (bicyclic) bond motifs is 1. The molecule has 3 rings (SSSR count). The molecule has 1 unspecified atom stereocenters. The van der Waals surface area contributed by atoms with Crippen molar-refractivity contribution in [3.8, 4) is 0 Å². The number of aromatic nitrogens is 2. The van der Waals surface area contributed by atoms with Gasteiger partial charge in [0.25, 0.3) is 5.56 Å². The average Bonchev–Trinajstić information content (AvgIpc) is 2.67. The Morgan fingerprint density at radius 2 is 2.03 bits per heavy atom. The first kappa shape index (κ1) is 21.0. The molecule has 29 heavy (non-hydrogen) atoms. The SMILES string of the molecule is CC(C)(C)OC(=O)C1CCCN(C(=O)CCCc2nc3ccccc3c(=O)[nH]2)C1. The first-order valence-corrected chi connectivity index (χ1v) is 10.2. The molecule has 1 saturated heterocycles. The number of esters is 1. The number of benzene rings is 1. The number of nitrogens with one attached hydrogen (secondary N) is 1. The molecular weight excluding hydrogens is 370 g/mol. The van der Waals surface area contributed by atoms with Crippen molar-refractivity contribution in [2.45, 2.75) is 58.5 Å². The molecule has 1 N–H and O–H groups in total. The number of aryl methyl sites for hydroxylation is 1. The number of aromatic amines is 1. The van der Waals surface area contributed by atoms with Crippen LogP contribution in [-0.2, 0) is 20.7 Å². The Hall–Kier alpha value is -2.70. The quantitative estimate of drug-likeness (QED) is 0.781. The maximum absolute atomic E-state index is 12.6. The summed E-state index contributed by atoms with van der Waals surface area (Å²) in [6, 6.07) is 7.20. The third kappa shape index (κ3) is 5.65. The first-order chi connectivity index (χ1) is 13.7. The van der Waals surface area contributed by atoms with Crippen molar-refractivity contribution in [1.29, 1.82) is 0 Å². The van der Waals surface area contributed by atoms with Crippen LogP contribution in [0.15, 0.2) is 29.1 Å². The number of likely N-dealkylation sites (tertiary alicyclic amines) is 1. The molecule has 0 saturated carbocycles. The normalized spacial score (nSPS) is 17.3. The van der Waals surface area contributed by atoms with Crippen molar-refractivity contribution >= 4 is 22.8 Å². The Morgan fingerprint density at radius 3 is 2.79 bits per heavy atom. The van der Waals surface area contributed by atoms with Gasteiger partial charge in [-0.3, -0.25) is 14.4 Å². The van der Waals surface area contributed by atoms with E-state index in [1.54, 1.807) is 17.0 Å². The second-order valence-electron chi connectivity index (χ2n) is 8.60. The van der Waals surface area contributed by atoms with Crippen LogP contribution in [0.2, 0.25) is 0 Å². The van der Waals surface area contributed by atoms with Gasteiger partial charge >= 0.3 is 5.97 Å². The molecular formula is C22H29N3O4. The van der Waals surface area contributed by atoms with Gasteiger partial charge in [-0.25, -0.2) is 4.98 Å². The van der Waals surface area contributed by atoms with Crippen LogP contribution in [0.4, 0.5) is 0 Å². The number of ether oxygens (including phenoxy) is 1. The van der Waals surface area contributed by atoms with Crippen LogP contribution in [-0.4, -0.2) is 45.4 Å². The molecule has 1 aromatic carbocycles. The molecule has 2 heterocycles. The Kier molecular flexibility index (Phi) is 6.35. The molecule has 0 bridgehead atoms. The lowest BCUT2D eigenvalue weighted by molar-refractivity contribution is -0.162. The van der Waals surface area contributed by atoms with Crippen LogP contribution in [0.25, 0.3) is 10.9 Å². The molecule has 0 radical (unpaired) electrons. The highest BCUT2D eigenvalue weighted by Gasteiger charge is 2.31. The Morgan fingerprint density at radius 1 is 1.28 bits per heavy atom. The van der Waals surface area contributed by atoms with E-state index in [-0.39, 0.29) is 23.4 Å². The maximum atomic E-state index is 12.6. The molecule has 1 aliphatic heterocycles. The summed E-state index contributed by atoms with van der Waals surface area (Å²) in [6.45, 7) is 6.63. The summed E-state index contributed by atoms with van der Waals surface area (Å²) < 4.78 is 5.47. The van der Waals surface area contributed by atoms with Gasteiger partial charge < -0.3 is 14.6 Å². The fourth-order valence-electron chi connectivity index (χ4n) is 3.60. The van der Waals surface area contributed by atoms with Gasteiger partial charge in [0.1, 0.15) is 11.4 Å². The van der Waals surface area contributed by atoms with Crippen LogP contribution in [0.1, 0.15) is 52.3 Å². The molecule has 1 aromatic heterocycles. The van der Waals surface area contributed by atoms with Crippen molar-refractivity contribution < 1.29 is 14.3 Å². The minimum atomic E-state index is -0.521. The summed E-state index contributed by atoms with van der Waals surface area (Å²) >= 11 is 0. The van der Waals surface area contributed by atoms with E-state index in [2.05, 4.69) is 9.97 Å². The zero-order valence-corrected chi connectivity index (χ0v) is 17.4. The zero-order chi connectivity index (χ0) is 21.0. The van der Waals surface area contributed by atoms with E-state index in [0.29, 0.717) is 49.1 Å². The number of rotatable bonds is 5. The lowest BCUT2D eigenvalue weighted by atomic mass is 9.97. The number of carbonyl (C=O) groups excluding carboxylic acids is 2. The van der Waals surface area contributed by atoms with Crippen LogP contribution in [0.3, 0.4) is 0 Å². The van der Waals surface area contributed by atoms with Gasteiger partial charge in [-0.1, -0.05) is 12.1 Å². The zero-order valence-electron chi connectivity index (χ0n) is 17.4. The Balaban J connectivity index is 1.53. The lowest BCUT2D eigenvalue weighted by Crippen LogP contribution is -2.44. The lowest BCUT2D eigenvalue weighted by Gasteiger charge is -2.33. The summed E-state index contributed by atoms with van der Waals surface area (Å²) in [5, 5.41) is 0.564. The largest absolute Gasteiger partial charge is 0.460 e. The first-order valence-electron chi connectivity index (χ1n) is 10.2. The van der Waals surface area contributed by atoms with Crippen molar-refractivity contribution in [3.05, 3.63) is 40.4 Å². The van der Waals surface area contributed by atoms with Gasteiger partial charge in [0.05, 0.1) is 16.8 Å². The van der Waals surface area contributed by atoms with Crippen molar-refractivity contribution in [1.82, 2.24) is 14.9 Å². The topological polar surface area (TPSA) is 92.4 Å². The number of hydrogen-bond donors (Lipinski definition) is 1. The number of carbonyl (C=O) groups is 2. The molecule has 1 atom stereocenters. The summed E-state index contributed by atoms with van der Waals surface area (Å²) in [6.07, 6.45) is 3.02. The predicted molar refractivity (Wildman–Crippen MR) is 110 cm³/mol. The molecule has 2 aromatic rings. The molecule has 0 spiro atoms. The molecule has 156 valence electrons. The monoisotopic (exact) mass is 399 g/mol. The average molecular weight is 399 g/mol. The molecule has 1 aliphatic rings. The number of nitrogens with zero attached hydrogens (tertiary/aromatic N) is 2. The molecule has 1 amide bonds. The Bertz CT molecular complexity index is 945. The smallest absolute Gasteiger partial charge is 0.311 e. The fraction of sp³-hybridized carbons (Fsp3) is 0.545. The van der Waals surface area contributed by atoms with Gasteiger partial charge in [0, 0.05) is 25.9 Å². The van der Waals surface area contributed by atoms with E-state index in [0.717, 1.165) is 12.8 Å². The maximum Gasteiger partial charge on any atom is 0.311 e. The summed E-state index contributed by atoms with van der Waals surface area (Å²) in [5.41, 5.74) is -0.0189. The number of hydrogen-bond acceptors (Lipinski definition) is 5. The van der Waals surface area contributed by atoms with E-state index in [1.165, 1.54) is 0 Å². The highest BCUT2D eigenvalue weighted by atomic mass is 16.6. The van der Waals surface area contributed by atoms with Crippen LogP contribution < -0.4 is 5.56 Å². The van der Waals surface area contributed by atoms with Gasteiger partial charge in [-0.2, -0.15) is 0 Å². The summed E-state index contributed by atoms with van der Waals surface area (Å²) in [4.78, 5) is 46.1. The minimum Gasteiger partial charge on any atom is -0.460 e. The molecule has 0 aliphatic carbocycles. The molecule has 7 nitrogen and oxygen atoms in total. The van der Waals surface area contributed by atoms with Crippen molar-refractivity contribution in [2.75, 3.05) is 13.1 Å². The highest BCUT2D eigenvalue weighted by molar-refractivity contribution is 5.79.